The molecular formula is C11H16N2O5S2. The van der Waals surface area contributed by atoms with Gasteiger partial charge in [-0.1, -0.05) is 25.1 Å². The smallest absolute Gasteiger partial charge is 0.240 e. The second-order valence-corrected chi connectivity index (χ2v) is 7.52. The van der Waals surface area contributed by atoms with E-state index < -0.39 is 31.7 Å². The summed E-state index contributed by atoms with van der Waals surface area (Å²) < 4.78 is 50.5. The molecule has 7 nitrogen and oxygen atoms in total. The van der Waals surface area contributed by atoms with Gasteiger partial charge in [0, 0.05) is 13.0 Å². The molecule has 1 aromatic carbocycles. The first kappa shape index (κ1) is 16.6. The Bertz CT molecular complexity index is 653. The highest BCUT2D eigenvalue weighted by Gasteiger charge is 2.17. The predicted molar refractivity (Wildman–Crippen MR) is 73.9 cm³/mol. The van der Waals surface area contributed by atoms with Crippen molar-refractivity contribution in [2.45, 2.75) is 18.2 Å². The fraction of sp³-hybridized carbons (Fsp3) is 0.364. The minimum absolute atomic E-state index is 0.0367. The maximum Gasteiger partial charge on any atom is 0.240 e. The second-order valence-electron chi connectivity index (χ2n) is 3.91. The Morgan fingerprint density at radius 1 is 1.10 bits per heavy atom. The summed E-state index contributed by atoms with van der Waals surface area (Å²) in [6, 6.07) is 7.59. The molecule has 0 spiro atoms. The van der Waals surface area contributed by atoms with Gasteiger partial charge >= 0.3 is 0 Å². The fourth-order valence-electron chi connectivity index (χ4n) is 1.29. The lowest BCUT2D eigenvalue weighted by molar-refractivity contribution is -0.119. The van der Waals surface area contributed by atoms with Crippen LogP contribution in [0.5, 0.6) is 0 Å². The third-order valence-electron chi connectivity index (χ3n) is 2.31. The largest absolute Gasteiger partial charge is 0.274 e. The number of sulfonamides is 2. The number of nitrogens with one attached hydrogen (secondary N) is 2. The molecule has 0 saturated heterocycles. The summed E-state index contributed by atoms with van der Waals surface area (Å²) in [5, 5.41) is 0. The Balaban J connectivity index is 2.59. The van der Waals surface area contributed by atoms with Crippen LogP contribution in [0.3, 0.4) is 0 Å². The van der Waals surface area contributed by atoms with E-state index in [1.807, 2.05) is 4.72 Å². The topological polar surface area (TPSA) is 109 Å². The van der Waals surface area contributed by atoms with Crippen LogP contribution in [-0.4, -0.2) is 35.0 Å². The van der Waals surface area contributed by atoms with Crippen molar-refractivity contribution < 1.29 is 21.6 Å². The zero-order chi connectivity index (χ0) is 15.2. The van der Waals surface area contributed by atoms with E-state index in [0.717, 1.165) is 0 Å². The van der Waals surface area contributed by atoms with Crippen LogP contribution in [0, 0.1) is 0 Å². The van der Waals surface area contributed by atoms with Crippen molar-refractivity contribution in [3.63, 3.8) is 0 Å². The molecule has 0 aliphatic carbocycles. The Morgan fingerprint density at radius 3 is 2.25 bits per heavy atom. The van der Waals surface area contributed by atoms with Crippen molar-refractivity contribution in [3.05, 3.63) is 30.3 Å². The maximum atomic E-state index is 11.8. The Hall–Kier alpha value is -1.45. The molecule has 1 aromatic rings. The molecule has 0 aliphatic heterocycles. The molecule has 0 radical (unpaired) electrons. The summed E-state index contributed by atoms with van der Waals surface area (Å²) in [4.78, 5) is 11.0. The van der Waals surface area contributed by atoms with Gasteiger partial charge in [-0.2, -0.15) is 0 Å². The minimum atomic E-state index is -3.82. The molecule has 2 N–H and O–H groups in total. The molecule has 9 heteroatoms. The molecular weight excluding hydrogens is 304 g/mol. The molecule has 0 bridgehead atoms. The van der Waals surface area contributed by atoms with Crippen LogP contribution in [0.1, 0.15) is 13.3 Å². The number of carbonyl (C=O) groups is 1. The number of amides is 1. The van der Waals surface area contributed by atoms with Gasteiger partial charge < -0.3 is 0 Å². The van der Waals surface area contributed by atoms with Crippen LogP contribution >= 0.6 is 0 Å². The molecule has 1 rings (SSSR count). The summed E-state index contributed by atoms with van der Waals surface area (Å²) in [7, 11) is -7.57. The first-order chi connectivity index (χ1) is 9.27. The first-order valence-corrected chi connectivity index (χ1v) is 8.98. The molecule has 0 saturated carbocycles. The molecule has 0 aromatic heterocycles. The van der Waals surface area contributed by atoms with Gasteiger partial charge in [-0.25, -0.2) is 21.6 Å². The highest BCUT2D eigenvalue weighted by atomic mass is 32.2. The molecule has 20 heavy (non-hydrogen) atoms. The van der Waals surface area contributed by atoms with Gasteiger partial charge in [-0.3, -0.25) is 9.52 Å². The Kier molecular flexibility index (Phi) is 5.66. The first-order valence-electron chi connectivity index (χ1n) is 5.85. The average molecular weight is 320 g/mol. The van der Waals surface area contributed by atoms with E-state index in [-0.39, 0.29) is 17.9 Å². The summed E-state index contributed by atoms with van der Waals surface area (Å²) in [5.74, 6) is -1.14. The lowest BCUT2D eigenvalue weighted by Gasteiger charge is -2.08. The quantitative estimate of drug-likeness (QED) is 0.724. The Labute approximate surface area is 118 Å². The summed E-state index contributed by atoms with van der Waals surface area (Å²) in [6.07, 6.45) is 0.0367. The van der Waals surface area contributed by atoms with E-state index in [0.29, 0.717) is 0 Å². The summed E-state index contributed by atoms with van der Waals surface area (Å²) in [6.45, 7) is 1.20. The van der Waals surface area contributed by atoms with E-state index in [4.69, 9.17) is 0 Å². The summed E-state index contributed by atoms with van der Waals surface area (Å²) >= 11 is 0. The summed E-state index contributed by atoms with van der Waals surface area (Å²) in [5.41, 5.74) is 0. The van der Waals surface area contributed by atoms with Crippen molar-refractivity contribution in [2.24, 2.45) is 0 Å². The lowest BCUT2D eigenvalue weighted by Crippen LogP contribution is -2.37. The predicted octanol–water partition coefficient (Wildman–Crippen LogP) is -0.179. The number of benzene rings is 1. The highest BCUT2D eigenvalue weighted by Crippen LogP contribution is 2.06. The van der Waals surface area contributed by atoms with Crippen molar-refractivity contribution in [2.75, 3.05) is 12.3 Å². The monoisotopic (exact) mass is 320 g/mol. The van der Waals surface area contributed by atoms with Crippen LogP contribution in [0.25, 0.3) is 0 Å². The normalized spacial score (nSPS) is 12.1. The lowest BCUT2D eigenvalue weighted by atomic mass is 10.4. The number of hydrogen-bond donors (Lipinski definition) is 2. The van der Waals surface area contributed by atoms with Crippen LogP contribution in [0.4, 0.5) is 0 Å². The van der Waals surface area contributed by atoms with Gasteiger partial charge in [0.1, 0.15) is 0 Å². The van der Waals surface area contributed by atoms with Gasteiger partial charge in [0.05, 0.1) is 10.6 Å². The van der Waals surface area contributed by atoms with E-state index in [1.54, 1.807) is 18.2 Å². The van der Waals surface area contributed by atoms with Gasteiger partial charge in [-0.05, 0) is 12.1 Å². The molecule has 0 unspecified atom stereocenters. The zero-order valence-corrected chi connectivity index (χ0v) is 12.5. The van der Waals surface area contributed by atoms with Crippen LogP contribution < -0.4 is 9.44 Å². The number of hydrogen-bond acceptors (Lipinski definition) is 5. The molecule has 112 valence electrons. The number of carbonyl (C=O) groups excluding carboxylic acids is 1. The zero-order valence-electron chi connectivity index (χ0n) is 10.9. The number of rotatable bonds is 7. The van der Waals surface area contributed by atoms with E-state index in [2.05, 4.69) is 4.72 Å². The molecule has 0 fully saturated rings. The van der Waals surface area contributed by atoms with Crippen molar-refractivity contribution in [1.29, 1.82) is 0 Å². The molecule has 0 heterocycles. The van der Waals surface area contributed by atoms with Crippen molar-refractivity contribution in [1.82, 2.24) is 9.44 Å². The van der Waals surface area contributed by atoms with Crippen LogP contribution in [-0.2, 0) is 24.8 Å². The van der Waals surface area contributed by atoms with Gasteiger partial charge in [0.25, 0.3) is 0 Å². The van der Waals surface area contributed by atoms with Gasteiger partial charge in [-0.15, -0.1) is 0 Å². The second kappa shape index (κ2) is 6.82. The van der Waals surface area contributed by atoms with E-state index in [1.165, 1.54) is 19.1 Å². The highest BCUT2D eigenvalue weighted by molar-refractivity contribution is 7.90. The van der Waals surface area contributed by atoms with E-state index >= 15 is 0 Å². The SMILES string of the molecule is CCC(=O)NS(=O)(=O)CCNS(=O)(=O)c1ccccc1. The van der Waals surface area contributed by atoms with Gasteiger partial charge in [0.2, 0.25) is 26.0 Å². The average Bonchev–Trinajstić information content (AvgIpc) is 2.38. The van der Waals surface area contributed by atoms with Crippen LogP contribution in [0.15, 0.2) is 35.2 Å². The van der Waals surface area contributed by atoms with Crippen molar-refractivity contribution in [3.8, 4) is 0 Å². The fourth-order valence-corrected chi connectivity index (χ4v) is 3.44. The molecule has 0 atom stereocenters. The van der Waals surface area contributed by atoms with Gasteiger partial charge in [0.15, 0.2) is 0 Å². The Morgan fingerprint density at radius 2 is 1.70 bits per heavy atom. The third-order valence-corrected chi connectivity index (χ3v) is 5.06. The molecule has 1 amide bonds. The van der Waals surface area contributed by atoms with Crippen LogP contribution in [0.2, 0.25) is 0 Å². The third kappa shape index (κ3) is 5.27. The molecule has 0 aliphatic rings. The maximum absolute atomic E-state index is 11.8. The van der Waals surface area contributed by atoms with Crippen molar-refractivity contribution >= 4 is 26.0 Å². The van der Waals surface area contributed by atoms with E-state index in [9.17, 15) is 21.6 Å². The standard InChI is InChI=1S/C11H16N2O5S2/c1-2-11(14)13-19(15,16)9-8-12-20(17,18)10-6-4-3-5-7-10/h3-7,12H,2,8-9H2,1H3,(H,13,14). The minimum Gasteiger partial charge on any atom is -0.274 e.